The summed E-state index contributed by atoms with van der Waals surface area (Å²) < 4.78 is 0. The molecule has 3 rings (SSSR count). The van der Waals surface area contributed by atoms with Crippen molar-refractivity contribution in [3.05, 3.63) is 30.1 Å². The van der Waals surface area contributed by atoms with Crippen LogP contribution in [0.5, 0.6) is 0 Å². The fourth-order valence-corrected chi connectivity index (χ4v) is 4.12. The second-order valence-corrected chi connectivity index (χ2v) is 7.61. The third-order valence-electron chi connectivity index (χ3n) is 5.71. The zero-order valence-corrected chi connectivity index (χ0v) is 15.5. The normalized spacial score (nSPS) is 21.6. The highest BCUT2D eigenvalue weighted by atomic mass is 16.2. The Morgan fingerprint density at radius 2 is 2.04 bits per heavy atom. The van der Waals surface area contributed by atoms with Gasteiger partial charge in [0.1, 0.15) is 0 Å². The second-order valence-electron chi connectivity index (χ2n) is 7.61. The molecule has 0 spiro atoms. The molecule has 1 aromatic heterocycles. The van der Waals surface area contributed by atoms with Crippen LogP contribution in [0.3, 0.4) is 0 Å². The molecule has 5 nitrogen and oxygen atoms in total. The van der Waals surface area contributed by atoms with Gasteiger partial charge in [-0.05, 0) is 43.7 Å². The van der Waals surface area contributed by atoms with E-state index >= 15 is 0 Å². The predicted molar refractivity (Wildman–Crippen MR) is 100 cm³/mol. The zero-order chi connectivity index (χ0) is 17.5. The maximum atomic E-state index is 12.7. The Morgan fingerprint density at radius 3 is 2.80 bits per heavy atom. The van der Waals surface area contributed by atoms with E-state index in [9.17, 15) is 4.79 Å². The van der Waals surface area contributed by atoms with Crippen LogP contribution in [-0.2, 0) is 6.54 Å². The molecular weight excluding hydrogens is 312 g/mol. The smallest absolute Gasteiger partial charge is 0.317 e. The standard InChI is InChI=1S/C20H32N4O/c1-17(19-8-3-2-4-9-19)22-20(25)24-12-6-11-23(13-14-24)16-18-7-5-10-21-15-18/h5,7,10,15,17,19H,2-4,6,8-9,11-14,16H2,1H3,(H,22,25)/t17-/m1/s1. The van der Waals surface area contributed by atoms with Crippen molar-refractivity contribution in [1.82, 2.24) is 20.1 Å². The van der Waals surface area contributed by atoms with Gasteiger partial charge >= 0.3 is 6.03 Å². The van der Waals surface area contributed by atoms with Crippen LogP contribution in [-0.4, -0.2) is 53.0 Å². The van der Waals surface area contributed by atoms with E-state index in [4.69, 9.17) is 0 Å². The molecule has 1 atom stereocenters. The van der Waals surface area contributed by atoms with Crippen LogP contribution in [0, 0.1) is 5.92 Å². The van der Waals surface area contributed by atoms with Crippen molar-refractivity contribution in [2.75, 3.05) is 26.2 Å². The van der Waals surface area contributed by atoms with Gasteiger partial charge in [0.05, 0.1) is 0 Å². The SMILES string of the molecule is C[C@@H](NC(=O)N1CCCN(Cc2cccnc2)CC1)C1CCCCC1. The molecule has 5 heteroatoms. The minimum Gasteiger partial charge on any atom is -0.335 e. The molecule has 0 radical (unpaired) electrons. The number of hydrogen-bond acceptors (Lipinski definition) is 3. The van der Waals surface area contributed by atoms with E-state index in [1.54, 1.807) is 0 Å². The number of nitrogens with one attached hydrogen (secondary N) is 1. The summed E-state index contributed by atoms with van der Waals surface area (Å²) in [5.41, 5.74) is 1.24. The lowest BCUT2D eigenvalue weighted by Crippen LogP contribution is -2.47. The third-order valence-corrected chi connectivity index (χ3v) is 5.71. The number of urea groups is 1. The van der Waals surface area contributed by atoms with E-state index in [2.05, 4.69) is 28.2 Å². The van der Waals surface area contributed by atoms with Crippen LogP contribution in [0.2, 0.25) is 0 Å². The van der Waals surface area contributed by atoms with E-state index in [-0.39, 0.29) is 6.03 Å². The number of hydrogen-bond donors (Lipinski definition) is 1. The summed E-state index contributed by atoms with van der Waals surface area (Å²) in [7, 11) is 0. The van der Waals surface area contributed by atoms with Gasteiger partial charge in [-0.3, -0.25) is 9.88 Å². The summed E-state index contributed by atoms with van der Waals surface area (Å²) in [6, 6.07) is 4.53. The lowest BCUT2D eigenvalue weighted by Gasteiger charge is -2.30. The van der Waals surface area contributed by atoms with Gasteiger partial charge in [-0.25, -0.2) is 4.79 Å². The summed E-state index contributed by atoms with van der Waals surface area (Å²) in [5.74, 6) is 0.659. The quantitative estimate of drug-likeness (QED) is 0.912. The Balaban J connectivity index is 1.46. The lowest BCUT2D eigenvalue weighted by atomic mass is 9.84. The van der Waals surface area contributed by atoms with Gasteiger partial charge in [0.2, 0.25) is 0 Å². The van der Waals surface area contributed by atoms with Gasteiger partial charge in [0.15, 0.2) is 0 Å². The van der Waals surface area contributed by atoms with Crippen molar-refractivity contribution >= 4 is 6.03 Å². The van der Waals surface area contributed by atoms with Gasteiger partial charge in [0, 0.05) is 51.2 Å². The largest absolute Gasteiger partial charge is 0.335 e. The third kappa shape index (κ3) is 5.43. The van der Waals surface area contributed by atoms with Crippen molar-refractivity contribution in [2.24, 2.45) is 5.92 Å². The van der Waals surface area contributed by atoms with Crippen LogP contribution in [0.25, 0.3) is 0 Å². The number of aromatic nitrogens is 1. The van der Waals surface area contributed by atoms with Gasteiger partial charge in [-0.2, -0.15) is 0 Å². The van der Waals surface area contributed by atoms with Crippen molar-refractivity contribution < 1.29 is 4.79 Å². The number of amides is 2. The molecule has 138 valence electrons. The van der Waals surface area contributed by atoms with Crippen LogP contribution < -0.4 is 5.32 Å². The van der Waals surface area contributed by atoms with E-state index in [1.165, 1.54) is 37.7 Å². The van der Waals surface area contributed by atoms with Crippen LogP contribution in [0.15, 0.2) is 24.5 Å². The Labute approximate surface area is 151 Å². The molecule has 25 heavy (non-hydrogen) atoms. The summed E-state index contributed by atoms with van der Waals surface area (Å²) in [6.45, 7) is 6.73. The fourth-order valence-electron chi connectivity index (χ4n) is 4.12. The number of pyridine rings is 1. The number of carbonyl (C=O) groups is 1. The van der Waals surface area contributed by atoms with E-state index < -0.39 is 0 Å². The first-order valence-corrected chi connectivity index (χ1v) is 9.89. The molecule has 1 saturated heterocycles. The molecule has 2 amide bonds. The predicted octanol–water partition coefficient (Wildman–Crippen LogP) is 3.27. The Hall–Kier alpha value is -1.62. The highest BCUT2D eigenvalue weighted by molar-refractivity contribution is 5.74. The number of rotatable bonds is 4. The number of carbonyl (C=O) groups excluding carboxylic acids is 1. The van der Waals surface area contributed by atoms with Crippen molar-refractivity contribution in [3.8, 4) is 0 Å². The van der Waals surface area contributed by atoms with Crippen molar-refractivity contribution in [3.63, 3.8) is 0 Å². The van der Waals surface area contributed by atoms with Crippen molar-refractivity contribution in [1.29, 1.82) is 0 Å². The first-order valence-electron chi connectivity index (χ1n) is 9.89. The maximum absolute atomic E-state index is 12.7. The van der Waals surface area contributed by atoms with E-state index in [1.807, 2.05) is 23.4 Å². The first kappa shape index (κ1) is 18.2. The highest BCUT2D eigenvalue weighted by Gasteiger charge is 2.24. The minimum absolute atomic E-state index is 0.126. The molecule has 1 aromatic rings. The minimum atomic E-state index is 0.126. The van der Waals surface area contributed by atoms with Crippen molar-refractivity contribution in [2.45, 2.75) is 58.0 Å². The van der Waals surface area contributed by atoms with Gasteiger partial charge in [-0.1, -0.05) is 25.3 Å². The van der Waals surface area contributed by atoms with E-state index in [0.29, 0.717) is 12.0 Å². The molecular formula is C20H32N4O. The molecule has 2 heterocycles. The molecule has 1 N–H and O–H groups in total. The van der Waals surface area contributed by atoms with Crippen LogP contribution >= 0.6 is 0 Å². The molecule has 0 unspecified atom stereocenters. The molecule has 0 aromatic carbocycles. The molecule has 1 saturated carbocycles. The Kier molecular flexibility index (Phi) is 6.68. The average molecular weight is 345 g/mol. The fraction of sp³-hybridized carbons (Fsp3) is 0.700. The molecule has 2 aliphatic rings. The van der Waals surface area contributed by atoms with E-state index in [0.717, 1.165) is 39.1 Å². The second kappa shape index (κ2) is 9.18. The highest BCUT2D eigenvalue weighted by Crippen LogP contribution is 2.26. The Morgan fingerprint density at radius 1 is 1.20 bits per heavy atom. The van der Waals surface area contributed by atoms with Crippen LogP contribution in [0.4, 0.5) is 4.79 Å². The number of nitrogens with zero attached hydrogens (tertiary/aromatic N) is 3. The summed E-state index contributed by atoms with van der Waals surface area (Å²) in [6.07, 6.45) is 11.3. The molecule has 0 bridgehead atoms. The first-order chi connectivity index (χ1) is 12.2. The van der Waals surface area contributed by atoms with Gasteiger partial charge < -0.3 is 10.2 Å². The maximum Gasteiger partial charge on any atom is 0.317 e. The molecule has 2 fully saturated rings. The average Bonchev–Trinajstić information content (AvgIpc) is 2.89. The summed E-state index contributed by atoms with van der Waals surface area (Å²) in [5, 5.41) is 3.27. The monoisotopic (exact) mass is 344 g/mol. The van der Waals surface area contributed by atoms with Crippen LogP contribution in [0.1, 0.15) is 51.0 Å². The summed E-state index contributed by atoms with van der Waals surface area (Å²) in [4.78, 5) is 21.3. The summed E-state index contributed by atoms with van der Waals surface area (Å²) >= 11 is 0. The molecule has 1 aliphatic heterocycles. The zero-order valence-electron chi connectivity index (χ0n) is 15.5. The van der Waals surface area contributed by atoms with Gasteiger partial charge in [-0.15, -0.1) is 0 Å². The molecule has 1 aliphatic carbocycles. The lowest BCUT2D eigenvalue weighted by molar-refractivity contribution is 0.185. The Bertz CT molecular complexity index is 530. The topological polar surface area (TPSA) is 48.5 Å². The van der Waals surface area contributed by atoms with Gasteiger partial charge in [0.25, 0.3) is 0 Å².